The molecule has 0 aliphatic rings. The predicted octanol–water partition coefficient (Wildman–Crippen LogP) is 0.212. The second-order valence-electron chi connectivity index (χ2n) is 4.51. The maximum atomic E-state index is 12.1. The summed E-state index contributed by atoms with van der Waals surface area (Å²) in [6.07, 6.45) is 2.84. The first-order valence-corrected chi connectivity index (χ1v) is 6.40. The Labute approximate surface area is 116 Å². The third kappa shape index (κ3) is 2.93. The molecule has 2 aromatic heterocycles. The number of nitrogens with zero attached hydrogens (tertiary/aromatic N) is 3. The van der Waals surface area contributed by atoms with Crippen molar-refractivity contribution in [1.82, 2.24) is 25.2 Å². The molecule has 0 bridgehead atoms. The Kier molecular flexibility index (Phi) is 4.29. The van der Waals surface area contributed by atoms with Crippen LogP contribution >= 0.6 is 0 Å². The van der Waals surface area contributed by atoms with Gasteiger partial charge in [0.1, 0.15) is 5.56 Å². The molecule has 0 saturated carbocycles. The molecular formula is C13H17N5O2. The molecule has 7 nitrogen and oxygen atoms in total. The van der Waals surface area contributed by atoms with Gasteiger partial charge in [0.05, 0.1) is 6.20 Å². The number of aromatic nitrogens is 3. The first kappa shape index (κ1) is 14.0. The fourth-order valence-electron chi connectivity index (χ4n) is 1.98. The van der Waals surface area contributed by atoms with E-state index in [1.54, 1.807) is 4.52 Å². The average Bonchev–Trinajstić information content (AvgIpc) is 2.82. The smallest absolute Gasteiger partial charge is 0.256 e. The van der Waals surface area contributed by atoms with Gasteiger partial charge in [0.25, 0.3) is 5.91 Å². The molecular weight excluding hydrogens is 258 g/mol. The number of fused-ring (bicyclic) bond motifs is 1. The molecule has 0 unspecified atom stereocenters. The van der Waals surface area contributed by atoms with Crippen LogP contribution in [0, 0.1) is 13.8 Å². The maximum Gasteiger partial charge on any atom is 0.256 e. The Morgan fingerprint density at radius 1 is 1.40 bits per heavy atom. The summed E-state index contributed by atoms with van der Waals surface area (Å²) in [5.74, 6) is -0.205. The van der Waals surface area contributed by atoms with Gasteiger partial charge < -0.3 is 10.6 Å². The molecule has 2 N–H and O–H groups in total. The molecule has 0 fully saturated rings. The average molecular weight is 275 g/mol. The van der Waals surface area contributed by atoms with Crippen LogP contribution in [0.5, 0.6) is 0 Å². The molecule has 0 spiro atoms. The lowest BCUT2D eigenvalue weighted by Gasteiger charge is -2.04. The summed E-state index contributed by atoms with van der Waals surface area (Å²) in [6.45, 7) is 4.82. The van der Waals surface area contributed by atoms with Gasteiger partial charge in [-0.05, 0) is 26.3 Å². The zero-order chi connectivity index (χ0) is 14.5. The Bertz CT molecular complexity index is 635. The molecule has 2 amide bonds. The van der Waals surface area contributed by atoms with Crippen LogP contribution in [0.2, 0.25) is 0 Å². The van der Waals surface area contributed by atoms with Crippen molar-refractivity contribution in [3.05, 3.63) is 29.2 Å². The largest absolute Gasteiger partial charge is 0.359 e. The van der Waals surface area contributed by atoms with Crippen LogP contribution < -0.4 is 10.6 Å². The van der Waals surface area contributed by atoms with Crippen molar-refractivity contribution >= 4 is 18.0 Å². The van der Waals surface area contributed by atoms with E-state index in [1.807, 2.05) is 19.9 Å². The van der Waals surface area contributed by atoms with Gasteiger partial charge in [0.2, 0.25) is 6.41 Å². The number of carbonyl (C=O) groups is 2. The molecule has 0 aromatic carbocycles. The van der Waals surface area contributed by atoms with E-state index in [4.69, 9.17) is 0 Å². The summed E-state index contributed by atoms with van der Waals surface area (Å²) >= 11 is 0. The quantitative estimate of drug-likeness (QED) is 0.583. The van der Waals surface area contributed by atoms with E-state index in [-0.39, 0.29) is 5.91 Å². The molecule has 0 saturated heterocycles. The van der Waals surface area contributed by atoms with Gasteiger partial charge in [-0.15, -0.1) is 0 Å². The standard InChI is InChI=1S/C13H17N5O2/c1-9-6-10(2)18-12(17-9)11(7-16-18)13(20)15-5-3-4-14-8-19/h6-8H,3-5H2,1-2H3,(H,14,19)(H,15,20). The highest BCUT2D eigenvalue weighted by molar-refractivity contribution is 5.99. The fraction of sp³-hybridized carbons (Fsp3) is 0.385. The topological polar surface area (TPSA) is 88.4 Å². The minimum absolute atomic E-state index is 0.205. The fourth-order valence-corrected chi connectivity index (χ4v) is 1.98. The molecule has 2 aromatic rings. The van der Waals surface area contributed by atoms with E-state index in [9.17, 15) is 9.59 Å². The van der Waals surface area contributed by atoms with Gasteiger partial charge in [-0.3, -0.25) is 9.59 Å². The zero-order valence-electron chi connectivity index (χ0n) is 11.5. The summed E-state index contributed by atoms with van der Waals surface area (Å²) < 4.78 is 1.65. The van der Waals surface area contributed by atoms with Crippen molar-refractivity contribution in [1.29, 1.82) is 0 Å². The molecule has 7 heteroatoms. The molecule has 106 valence electrons. The number of amides is 2. The Morgan fingerprint density at radius 3 is 2.95 bits per heavy atom. The molecule has 0 aliphatic heterocycles. The third-order valence-electron chi connectivity index (χ3n) is 2.89. The van der Waals surface area contributed by atoms with Crippen LogP contribution in [-0.2, 0) is 4.79 Å². The summed E-state index contributed by atoms with van der Waals surface area (Å²) in [5, 5.41) is 9.50. The van der Waals surface area contributed by atoms with Crippen LogP contribution in [0.3, 0.4) is 0 Å². The Balaban J connectivity index is 2.09. The van der Waals surface area contributed by atoms with E-state index in [0.717, 1.165) is 11.4 Å². The Hall–Kier alpha value is -2.44. The Morgan fingerprint density at radius 2 is 2.20 bits per heavy atom. The van der Waals surface area contributed by atoms with Crippen LogP contribution in [0.4, 0.5) is 0 Å². The maximum absolute atomic E-state index is 12.1. The van der Waals surface area contributed by atoms with Gasteiger partial charge in [-0.2, -0.15) is 5.10 Å². The van der Waals surface area contributed by atoms with E-state index >= 15 is 0 Å². The van der Waals surface area contributed by atoms with E-state index in [2.05, 4.69) is 20.7 Å². The number of hydrogen-bond donors (Lipinski definition) is 2. The number of rotatable bonds is 6. The first-order chi connectivity index (χ1) is 9.63. The highest BCUT2D eigenvalue weighted by Crippen LogP contribution is 2.11. The van der Waals surface area contributed by atoms with Crippen molar-refractivity contribution in [2.45, 2.75) is 20.3 Å². The summed E-state index contributed by atoms with van der Waals surface area (Å²) in [6, 6.07) is 1.91. The monoisotopic (exact) mass is 275 g/mol. The normalized spacial score (nSPS) is 10.5. The van der Waals surface area contributed by atoms with Crippen LogP contribution in [0.1, 0.15) is 28.2 Å². The second kappa shape index (κ2) is 6.14. The van der Waals surface area contributed by atoms with Crippen LogP contribution in [0.15, 0.2) is 12.3 Å². The lowest BCUT2D eigenvalue weighted by Crippen LogP contribution is -2.27. The van der Waals surface area contributed by atoms with Crippen LogP contribution in [-0.4, -0.2) is 40.0 Å². The highest BCUT2D eigenvalue weighted by atomic mass is 16.1. The molecule has 20 heavy (non-hydrogen) atoms. The van der Waals surface area contributed by atoms with Crippen LogP contribution in [0.25, 0.3) is 5.65 Å². The molecule has 0 aliphatic carbocycles. The lowest BCUT2D eigenvalue weighted by molar-refractivity contribution is -0.109. The summed E-state index contributed by atoms with van der Waals surface area (Å²) in [5.41, 5.74) is 2.80. The number of carbonyl (C=O) groups excluding carboxylic acids is 2. The van der Waals surface area contributed by atoms with Crippen molar-refractivity contribution in [2.75, 3.05) is 13.1 Å². The minimum atomic E-state index is -0.205. The van der Waals surface area contributed by atoms with Crippen molar-refractivity contribution in [3.63, 3.8) is 0 Å². The molecule has 2 heterocycles. The number of hydrogen-bond acceptors (Lipinski definition) is 4. The SMILES string of the molecule is Cc1cc(C)n2ncc(C(=O)NCCCNC=O)c2n1. The highest BCUT2D eigenvalue weighted by Gasteiger charge is 2.14. The summed E-state index contributed by atoms with van der Waals surface area (Å²) in [4.78, 5) is 26.5. The lowest BCUT2D eigenvalue weighted by atomic mass is 10.3. The van der Waals surface area contributed by atoms with Gasteiger partial charge in [0, 0.05) is 24.5 Å². The van der Waals surface area contributed by atoms with Gasteiger partial charge in [-0.1, -0.05) is 0 Å². The third-order valence-corrected chi connectivity index (χ3v) is 2.89. The van der Waals surface area contributed by atoms with Crippen molar-refractivity contribution in [3.8, 4) is 0 Å². The van der Waals surface area contributed by atoms with Crippen molar-refractivity contribution in [2.24, 2.45) is 0 Å². The predicted molar refractivity (Wildman–Crippen MR) is 73.5 cm³/mol. The summed E-state index contributed by atoms with van der Waals surface area (Å²) in [7, 11) is 0. The van der Waals surface area contributed by atoms with E-state index in [0.29, 0.717) is 37.1 Å². The second-order valence-corrected chi connectivity index (χ2v) is 4.51. The van der Waals surface area contributed by atoms with Gasteiger partial charge >= 0.3 is 0 Å². The van der Waals surface area contributed by atoms with Gasteiger partial charge in [0.15, 0.2) is 5.65 Å². The van der Waals surface area contributed by atoms with Crippen molar-refractivity contribution < 1.29 is 9.59 Å². The molecule has 0 atom stereocenters. The zero-order valence-corrected chi connectivity index (χ0v) is 11.5. The molecule has 0 radical (unpaired) electrons. The minimum Gasteiger partial charge on any atom is -0.359 e. The first-order valence-electron chi connectivity index (χ1n) is 6.40. The van der Waals surface area contributed by atoms with E-state index in [1.165, 1.54) is 6.20 Å². The van der Waals surface area contributed by atoms with E-state index < -0.39 is 0 Å². The van der Waals surface area contributed by atoms with Gasteiger partial charge in [-0.25, -0.2) is 9.50 Å². The number of nitrogens with one attached hydrogen (secondary N) is 2. The number of aryl methyl sites for hydroxylation is 2. The molecule has 2 rings (SSSR count).